The summed E-state index contributed by atoms with van der Waals surface area (Å²) >= 11 is 0. The summed E-state index contributed by atoms with van der Waals surface area (Å²) in [6.45, 7) is 4.51. The second kappa shape index (κ2) is 11.9. The maximum absolute atomic E-state index is 14.1. The van der Waals surface area contributed by atoms with Crippen molar-refractivity contribution in [1.82, 2.24) is 4.57 Å². The molecule has 7 heteroatoms. The van der Waals surface area contributed by atoms with Gasteiger partial charge in [-0.2, -0.15) is 0 Å². The zero-order chi connectivity index (χ0) is 28.2. The third kappa shape index (κ3) is 5.84. The molecule has 1 amide bonds. The van der Waals surface area contributed by atoms with Crippen molar-refractivity contribution in [1.29, 1.82) is 0 Å². The van der Waals surface area contributed by atoms with E-state index < -0.39 is 18.2 Å². The van der Waals surface area contributed by atoms with E-state index in [1.165, 1.54) is 12.1 Å². The van der Waals surface area contributed by atoms with Gasteiger partial charge in [-0.1, -0.05) is 62.4 Å². The topological polar surface area (TPSA) is 80.6 Å². The molecule has 206 valence electrons. The van der Waals surface area contributed by atoms with Crippen LogP contribution in [0.1, 0.15) is 55.1 Å². The Labute approximate surface area is 233 Å². The van der Waals surface area contributed by atoms with E-state index in [1.54, 1.807) is 12.1 Å². The van der Waals surface area contributed by atoms with Gasteiger partial charge in [0.15, 0.2) is 0 Å². The third-order valence-electron chi connectivity index (χ3n) is 7.20. The Morgan fingerprint density at radius 3 is 2.27 bits per heavy atom. The third-order valence-corrected chi connectivity index (χ3v) is 7.20. The van der Waals surface area contributed by atoms with Crippen LogP contribution in [0.4, 0.5) is 10.1 Å². The van der Waals surface area contributed by atoms with Crippen LogP contribution in [-0.4, -0.2) is 33.8 Å². The van der Waals surface area contributed by atoms with Gasteiger partial charge in [0.1, 0.15) is 11.9 Å². The number of aliphatic hydroxyl groups excluding tert-OH is 1. The number of carbonyl (C=O) groups is 2. The van der Waals surface area contributed by atoms with Gasteiger partial charge in [-0.3, -0.25) is 9.59 Å². The molecule has 4 aromatic rings. The Balaban J connectivity index is 1.71. The SMILES string of the molecule is CC(C)c1c(C(=O)Nc2ccccc2)c(-c2ccccc2)c(-c2ccc(F)cc2)n1CC[C@@H]1C[C@H](O)CC(=O)O1. The number of ether oxygens (including phenoxy) is 1. The number of amides is 1. The molecule has 0 bridgehead atoms. The summed E-state index contributed by atoms with van der Waals surface area (Å²) < 4.78 is 21.7. The van der Waals surface area contributed by atoms with E-state index in [1.807, 2.05) is 74.5 Å². The molecule has 2 atom stereocenters. The molecule has 3 aromatic carbocycles. The number of nitrogens with zero attached hydrogens (tertiary/aromatic N) is 1. The molecule has 1 fully saturated rings. The van der Waals surface area contributed by atoms with Crippen LogP contribution in [0, 0.1) is 5.82 Å². The van der Waals surface area contributed by atoms with Crippen LogP contribution >= 0.6 is 0 Å². The maximum atomic E-state index is 14.1. The molecule has 1 aliphatic rings. The van der Waals surface area contributed by atoms with E-state index in [-0.39, 0.29) is 24.1 Å². The van der Waals surface area contributed by atoms with Crippen molar-refractivity contribution in [3.8, 4) is 22.4 Å². The van der Waals surface area contributed by atoms with Crippen LogP contribution in [0.25, 0.3) is 22.4 Å². The monoisotopic (exact) mass is 540 g/mol. The van der Waals surface area contributed by atoms with Gasteiger partial charge < -0.3 is 19.7 Å². The van der Waals surface area contributed by atoms with Gasteiger partial charge in [0.2, 0.25) is 0 Å². The second-order valence-corrected chi connectivity index (χ2v) is 10.5. The van der Waals surface area contributed by atoms with Crippen LogP contribution in [0.3, 0.4) is 0 Å². The van der Waals surface area contributed by atoms with E-state index in [9.17, 15) is 19.1 Å². The summed E-state index contributed by atoms with van der Waals surface area (Å²) in [6.07, 6.45) is -0.354. The molecule has 2 heterocycles. The Morgan fingerprint density at radius 2 is 1.65 bits per heavy atom. The molecule has 1 aliphatic heterocycles. The minimum absolute atomic E-state index is 0.0000536. The minimum atomic E-state index is -0.732. The number of aromatic nitrogens is 1. The number of halogens is 1. The van der Waals surface area contributed by atoms with Gasteiger partial charge in [-0.25, -0.2) is 4.39 Å². The molecule has 1 saturated heterocycles. The first-order chi connectivity index (χ1) is 19.3. The molecule has 2 N–H and O–H groups in total. The number of esters is 1. The van der Waals surface area contributed by atoms with Crippen LogP contribution in [0.5, 0.6) is 0 Å². The van der Waals surface area contributed by atoms with E-state index in [2.05, 4.69) is 9.88 Å². The molecule has 0 unspecified atom stereocenters. The van der Waals surface area contributed by atoms with Crippen molar-refractivity contribution in [2.75, 3.05) is 5.32 Å². The predicted molar refractivity (Wildman–Crippen MR) is 153 cm³/mol. The molecule has 40 heavy (non-hydrogen) atoms. The largest absolute Gasteiger partial charge is 0.462 e. The Morgan fingerprint density at radius 1 is 1.00 bits per heavy atom. The molecular weight excluding hydrogens is 507 g/mol. The highest BCUT2D eigenvalue weighted by atomic mass is 19.1. The van der Waals surface area contributed by atoms with Crippen LogP contribution in [-0.2, 0) is 16.1 Å². The fraction of sp³-hybridized carbons (Fsp3) is 0.273. The molecule has 0 aliphatic carbocycles. The predicted octanol–water partition coefficient (Wildman–Crippen LogP) is 6.79. The normalized spacial score (nSPS) is 17.1. The Bertz CT molecular complexity index is 1480. The van der Waals surface area contributed by atoms with Gasteiger partial charge >= 0.3 is 5.97 Å². The number of anilines is 1. The first kappa shape index (κ1) is 27.3. The smallest absolute Gasteiger partial charge is 0.308 e. The van der Waals surface area contributed by atoms with Gasteiger partial charge in [-0.15, -0.1) is 0 Å². The highest BCUT2D eigenvalue weighted by Gasteiger charge is 2.32. The number of cyclic esters (lactones) is 1. The van der Waals surface area contributed by atoms with E-state index >= 15 is 0 Å². The first-order valence-corrected chi connectivity index (χ1v) is 13.6. The zero-order valence-corrected chi connectivity index (χ0v) is 22.6. The van der Waals surface area contributed by atoms with Gasteiger partial charge in [0.25, 0.3) is 5.91 Å². The van der Waals surface area contributed by atoms with Crippen molar-refractivity contribution in [3.05, 3.63) is 102 Å². The molecule has 6 nitrogen and oxygen atoms in total. The van der Waals surface area contributed by atoms with E-state index in [0.717, 1.165) is 28.1 Å². The Kier molecular flexibility index (Phi) is 8.12. The lowest BCUT2D eigenvalue weighted by atomic mass is 9.94. The lowest BCUT2D eigenvalue weighted by molar-refractivity contribution is -0.160. The highest BCUT2D eigenvalue weighted by molar-refractivity contribution is 6.12. The lowest BCUT2D eigenvalue weighted by Gasteiger charge is -2.27. The van der Waals surface area contributed by atoms with Crippen molar-refractivity contribution < 1.29 is 23.8 Å². The first-order valence-electron chi connectivity index (χ1n) is 13.6. The molecule has 5 rings (SSSR count). The number of hydrogen-bond donors (Lipinski definition) is 2. The summed E-state index contributed by atoms with van der Waals surface area (Å²) in [4.78, 5) is 26.1. The van der Waals surface area contributed by atoms with Crippen molar-refractivity contribution >= 4 is 17.6 Å². The van der Waals surface area contributed by atoms with Crippen LogP contribution < -0.4 is 5.32 Å². The highest BCUT2D eigenvalue weighted by Crippen LogP contribution is 2.42. The number of carbonyl (C=O) groups excluding carboxylic acids is 2. The number of benzene rings is 3. The van der Waals surface area contributed by atoms with Gasteiger partial charge in [0.05, 0.1) is 23.8 Å². The molecule has 0 saturated carbocycles. The lowest BCUT2D eigenvalue weighted by Crippen LogP contribution is -2.33. The fourth-order valence-electron chi connectivity index (χ4n) is 5.52. The van der Waals surface area contributed by atoms with Gasteiger partial charge in [0, 0.05) is 36.3 Å². The maximum Gasteiger partial charge on any atom is 0.308 e. The molecule has 0 spiro atoms. The average Bonchev–Trinajstić information content (AvgIpc) is 3.28. The Hall–Kier alpha value is -4.23. The van der Waals surface area contributed by atoms with Gasteiger partial charge in [-0.05, 0) is 53.4 Å². The van der Waals surface area contributed by atoms with Crippen molar-refractivity contribution in [2.45, 2.75) is 57.8 Å². The van der Waals surface area contributed by atoms with Crippen molar-refractivity contribution in [3.63, 3.8) is 0 Å². The second-order valence-electron chi connectivity index (χ2n) is 10.5. The van der Waals surface area contributed by atoms with Crippen LogP contribution in [0.2, 0.25) is 0 Å². The summed E-state index contributed by atoms with van der Waals surface area (Å²) in [6, 6.07) is 25.3. The van der Waals surface area contributed by atoms with E-state index in [0.29, 0.717) is 30.6 Å². The molecule has 0 radical (unpaired) electrons. The number of hydrogen-bond acceptors (Lipinski definition) is 4. The summed E-state index contributed by atoms with van der Waals surface area (Å²) in [5.74, 6) is -1.05. The number of para-hydroxylation sites is 1. The number of rotatable bonds is 8. The minimum Gasteiger partial charge on any atom is -0.462 e. The standard InChI is InChI=1S/C33H33FN2O4/c1-21(2)31-30(33(39)35-25-11-7-4-8-12-25)29(22-9-5-3-6-10-22)32(23-13-15-24(34)16-14-23)36(31)18-17-27-19-26(37)20-28(38)40-27/h3-16,21,26-27,37H,17-20H2,1-2H3,(H,35,39)/t26-,27+/m0/s1. The van der Waals surface area contributed by atoms with Crippen molar-refractivity contribution in [2.24, 2.45) is 0 Å². The number of nitrogens with one attached hydrogen (secondary N) is 1. The summed E-state index contributed by atoms with van der Waals surface area (Å²) in [7, 11) is 0. The quantitative estimate of drug-likeness (QED) is 0.241. The fourth-order valence-corrected chi connectivity index (χ4v) is 5.52. The molecular formula is C33H33FN2O4. The van der Waals surface area contributed by atoms with Crippen LogP contribution in [0.15, 0.2) is 84.9 Å². The van der Waals surface area contributed by atoms with E-state index in [4.69, 9.17) is 4.74 Å². The molecule has 1 aromatic heterocycles. The zero-order valence-electron chi connectivity index (χ0n) is 22.6. The number of aliphatic hydroxyl groups is 1. The summed E-state index contributed by atoms with van der Waals surface area (Å²) in [5, 5.41) is 13.2. The summed E-state index contributed by atoms with van der Waals surface area (Å²) in [5.41, 5.74) is 5.22. The average molecular weight is 541 g/mol.